The van der Waals surface area contributed by atoms with Gasteiger partial charge in [-0.25, -0.2) is 0 Å². The van der Waals surface area contributed by atoms with Crippen molar-refractivity contribution in [2.45, 2.75) is 32.6 Å². The zero-order valence-corrected chi connectivity index (χ0v) is 10.9. The second-order valence-electron chi connectivity index (χ2n) is 5.51. The minimum Gasteiger partial charge on any atom is -0.337 e. The highest BCUT2D eigenvalue weighted by Crippen LogP contribution is 2.51. The number of aromatic nitrogens is 2. The van der Waals surface area contributed by atoms with Crippen molar-refractivity contribution in [3.8, 4) is 0 Å². The van der Waals surface area contributed by atoms with E-state index >= 15 is 0 Å². The molecule has 5 heteroatoms. The van der Waals surface area contributed by atoms with Crippen molar-refractivity contribution in [1.82, 2.24) is 14.5 Å². The number of nitrogens with zero attached hydrogens (tertiary/aromatic N) is 3. The molecule has 1 saturated carbocycles. The molecular weight excluding hydrogens is 234 g/mol. The predicted octanol–water partition coefficient (Wildman–Crippen LogP) is 2.19. The first-order valence-electron chi connectivity index (χ1n) is 6.25. The smallest absolute Gasteiger partial charge is 0.275 e. The second-order valence-corrected chi connectivity index (χ2v) is 6.12. The van der Waals surface area contributed by atoms with E-state index in [0.29, 0.717) is 11.1 Å². The third kappa shape index (κ3) is 2.08. The third-order valence-electron chi connectivity index (χ3n) is 4.33. The molecule has 1 aromatic rings. The molecule has 92 valence electrons. The van der Waals surface area contributed by atoms with Crippen LogP contribution in [0.2, 0.25) is 0 Å². The van der Waals surface area contributed by atoms with Gasteiger partial charge in [-0.3, -0.25) is 4.79 Å². The molecule has 2 aliphatic rings. The van der Waals surface area contributed by atoms with E-state index in [1.165, 1.54) is 24.4 Å². The molecule has 1 saturated heterocycles. The van der Waals surface area contributed by atoms with Crippen molar-refractivity contribution in [3.63, 3.8) is 0 Å². The summed E-state index contributed by atoms with van der Waals surface area (Å²) in [5.74, 6) is 0.970. The Hall–Kier alpha value is -0.970. The molecule has 2 heterocycles. The molecule has 0 unspecified atom stereocenters. The van der Waals surface area contributed by atoms with Gasteiger partial charge < -0.3 is 4.90 Å². The van der Waals surface area contributed by atoms with Crippen LogP contribution in [-0.2, 0) is 0 Å². The summed E-state index contributed by atoms with van der Waals surface area (Å²) < 4.78 is 3.75. The van der Waals surface area contributed by atoms with Crippen LogP contribution in [0.15, 0.2) is 5.38 Å². The van der Waals surface area contributed by atoms with Crippen LogP contribution >= 0.6 is 11.5 Å². The van der Waals surface area contributed by atoms with E-state index < -0.39 is 0 Å². The maximum Gasteiger partial charge on any atom is 0.275 e. The molecule has 0 radical (unpaired) electrons. The highest BCUT2D eigenvalue weighted by atomic mass is 32.1. The fourth-order valence-electron chi connectivity index (χ4n) is 2.83. The van der Waals surface area contributed by atoms with E-state index in [0.717, 1.165) is 31.8 Å². The maximum absolute atomic E-state index is 12.1. The van der Waals surface area contributed by atoms with Crippen LogP contribution in [0.1, 0.15) is 43.1 Å². The number of hydrogen-bond acceptors (Lipinski definition) is 4. The molecule has 2 fully saturated rings. The molecule has 1 amide bonds. The Balaban J connectivity index is 1.63. The van der Waals surface area contributed by atoms with Crippen molar-refractivity contribution < 1.29 is 4.79 Å². The molecular formula is C12H17N3OS. The van der Waals surface area contributed by atoms with Gasteiger partial charge in [0.1, 0.15) is 0 Å². The van der Waals surface area contributed by atoms with Gasteiger partial charge in [-0.1, -0.05) is 11.4 Å². The van der Waals surface area contributed by atoms with Crippen LogP contribution in [0.4, 0.5) is 0 Å². The Morgan fingerprint density at radius 1 is 1.47 bits per heavy atom. The van der Waals surface area contributed by atoms with Gasteiger partial charge in [-0.15, -0.1) is 5.10 Å². The quantitative estimate of drug-likeness (QED) is 0.809. The molecule has 1 aromatic heterocycles. The molecule has 1 aliphatic carbocycles. The minimum absolute atomic E-state index is 0.0524. The number of rotatable bonds is 2. The molecule has 4 nitrogen and oxygen atoms in total. The monoisotopic (exact) mass is 251 g/mol. The summed E-state index contributed by atoms with van der Waals surface area (Å²) in [6.45, 7) is 4.14. The summed E-state index contributed by atoms with van der Waals surface area (Å²) in [6.07, 6.45) is 5.06. The second kappa shape index (κ2) is 4.05. The van der Waals surface area contributed by atoms with Crippen LogP contribution in [0.25, 0.3) is 0 Å². The topological polar surface area (TPSA) is 46.1 Å². The zero-order valence-electron chi connectivity index (χ0n) is 10.1. The van der Waals surface area contributed by atoms with Crippen molar-refractivity contribution in [1.29, 1.82) is 0 Å². The third-order valence-corrected chi connectivity index (χ3v) is 4.84. The van der Waals surface area contributed by atoms with Gasteiger partial charge in [-0.2, -0.15) is 0 Å². The van der Waals surface area contributed by atoms with E-state index in [1.54, 1.807) is 5.38 Å². The summed E-state index contributed by atoms with van der Waals surface area (Å²) in [4.78, 5) is 14.0. The fraction of sp³-hybridized carbons (Fsp3) is 0.750. The van der Waals surface area contributed by atoms with Crippen LogP contribution in [0.3, 0.4) is 0 Å². The van der Waals surface area contributed by atoms with E-state index in [1.807, 2.05) is 4.90 Å². The largest absolute Gasteiger partial charge is 0.337 e. The average molecular weight is 251 g/mol. The lowest BCUT2D eigenvalue weighted by Gasteiger charge is -2.39. The van der Waals surface area contributed by atoms with Crippen molar-refractivity contribution >= 4 is 17.4 Å². The standard InChI is InChI=1S/C12H17N3OS/c1-12(9-2-3-9)4-6-15(7-5-12)11(16)10-8-17-14-13-10/h8-9H,2-7H2,1H3. The van der Waals surface area contributed by atoms with Gasteiger partial charge in [-0.05, 0) is 48.5 Å². The first-order valence-corrected chi connectivity index (χ1v) is 7.09. The summed E-state index contributed by atoms with van der Waals surface area (Å²) in [5, 5.41) is 5.59. The van der Waals surface area contributed by atoms with Crippen molar-refractivity contribution in [2.24, 2.45) is 11.3 Å². The number of carbonyl (C=O) groups excluding carboxylic acids is 1. The van der Waals surface area contributed by atoms with E-state index in [2.05, 4.69) is 16.5 Å². The van der Waals surface area contributed by atoms with Crippen LogP contribution in [0.5, 0.6) is 0 Å². The number of amides is 1. The van der Waals surface area contributed by atoms with Gasteiger partial charge >= 0.3 is 0 Å². The Labute approximate surface area is 105 Å². The zero-order chi connectivity index (χ0) is 11.9. The van der Waals surface area contributed by atoms with Gasteiger partial charge in [0, 0.05) is 18.5 Å². The molecule has 0 bridgehead atoms. The van der Waals surface area contributed by atoms with E-state index in [9.17, 15) is 4.79 Å². The number of hydrogen-bond donors (Lipinski definition) is 0. The Bertz CT molecular complexity index is 405. The van der Waals surface area contributed by atoms with Gasteiger partial charge in [0.15, 0.2) is 5.69 Å². The van der Waals surface area contributed by atoms with Crippen molar-refractivity contribution in [3.05, 3.63) is 11.1 Å². The normalized spacial score (nSPS) is 23.7. The molecule has 17 heavy (non-hydrogen) atoms. The summed E-state index contributed by atoms with van der Waals surface area (Å²) in [5.41, 5.74) is 0.988. The first kappa shape index (κ1) is 11.1. The summed E-state index contributed by atoms with van der Waals surface area (Å²) >= 11 is 1.24. The number of likely N-dealkylation sites (tertiary alicyclic amines) is 1. The van der Waals surface area contributed by atoms with Gasteiger partial charge in [0.2, 0.25) is 0 Å². The average Bonchev–Trinajstić information content (AvgIpc) is 3.07. The maximum atomic E-state index is 12.1. The van der Waals surface area contributed by atoms with Crippen molar-refractivity contribution in [2.75, 3.05) is 13.1 Å². The molecule has 0 N–H and O–H groups in total. The Kier molecular flexibility index (Phi) is 2.65. The summed E-state index contributed by atoms with van der Waals surface area (Å²) in [6, 6.07) is 0. The molecule has 0 aromatic carbocycles. The van der Waals surface area contributed by atoms with Crippen LogP contribution in [0, 0.1) is 11.3 Å². The highest BCUT2D eigenvalue weighted by molar-refractivity contribution is 7.03. The lowest BCUT2D eigenvalue weighted by Crippen LogP contribution is -2.43. The Morgan fingerprint density at radius 3 is 2.71 bits per heavy atom. The fourth-order valence-corrected chi connectivity index (χ4v) is 3.26. The highest BCUT2D eigenvalue weighted by Gasteiger charge is 2.43. The van der Waals surface area contributed by atoms with Crippen LogP contribution < -0.4 is 0 Å². The molecule has 3 rings (SSSR count). The first-order chi connectivity index (χ1) is 8.19. The predicted molar refractivity (Wildman–Crippen MR) is 65.9 cm³/mol. The lowest BCUT2D eigenvalue weighted by molar-refractivity contribution is 0.0562. The molecule has 1 aliphatic heterocycles. The Morgan fingerprint density at radius 2 is 2.18 bits per heavy atom. The van der Waals surface area contributed by atoms with E-state index in [4.69, 9.17) is 0 Å². The summed E-state index contributed by atoms with van der Waals surface area (Å²) in [7, 11) is 0. The van der Waals surface area contributed by atoms with E-state index in [-0.39, 0.29) is 5.91 Å². The molecule has 0 spiro atoms. The SMILES string of the molecule is CC1(C2CC2)CCN(C(=O)c2csnn2)CC1. The van der Waals surface area contributed by atoms with Crippen LogP contribution in [-0.4, -0.2) is 33.5 Å². The van der Waals surface area contributed by atoms with Gasteiger partial charge in [0.05, 0.1) is 0 Å². The lowest BCUT2D eigenvalue weighted by atomic mass is 9.76. The number of carbonyl (C=O) groups is 1. The molecule has 0 atom stereocenters. The van der Waals surface area contributed by atoms with Gasteiger partial charge in [0.25, 0.3) is 5.91 Å². The number of piperidine rings is 1. The minimum atomic E-state index is 0.0524.